The molecule has 1 N–H and O–H groups in total. The minimum atomic E-state index is 0.159. The standard InChI is InChI=1S/C22H29N3O2S/c1-16-12-24(13-17(2)27-16)15-21(26)25(14-18-8-4-3-5-9-18)22-23-19-10-6-7-11-20(19)28-22/h3-5,8-9,16-17H,6-7,10-15H2,1-2H3/p+1/t16-,17-/m1/s1. The lowest BCUT2D eigenvalue weighted by Gasteiger charge is -2.33. The van der Waals surface area contributed by atoms with Gasteiger partial charge in [0.1, 0.15) is 25.3 Å². The minimum absolute atomic E-state index is 0.159. The summed E-state index contributed by atoms with van der Waals surface area (Å²) >= 11 is 1.71. The summed E-state index contributed by atoms with van der Waals surface area (Å²) in [5.41, 5.74) is 2.35. The normalized spacial score (nSPS) is 24.6. The van der Waals surface area contributed by atoms with Gasteiger partial charge in [-0.1, -0.05) is 30.3 Å². The summed E-state index contributed by atoms with van der Waals surface area (Å²) in [4.78, 5) is 22.8. The van der Waals surface area contributed by atoms with Crippen molar-refractivity contribution >= 4 is 22.4 Å². The summed E-state index contributed by atoms with van der Waals surface area (Å²) in [6.45, 7) is 7.02. The number of nitrogens with zero attached hydrogens (tertiary/aromatic N) is 2. The van der Waals surface area contributed by atoms with Crippen LogP contribution in [-0.2, 0) is 28.9 Å². The fraction of sp³-hybridized carbons (Fsp3) is 0.545. The number of rotatable bonds is 5. The number of benzene rings is 1. The molecule has 2 heterocycles. The molecule has 2 atom stereocenters. The Kier molecular flexibility index (Phi) is 6.09. The van der Waals surface area contributed by atoms with Crippen molar-refractivity contribution in [3.8, 4) is 0 Å². The average Bonchev–Trinajstić information content (AvgIpc) is 3.09. The first-order valence-corrected chi connectivity index (χ1v) is 11.2. The number of anilines is 1. The maximum Gasteiger partial charge on any atom is 0.284 e. The van der Waals surface area contributed by atoms with Gasteiger partial charge < -0.3 is 9.64 Å². The van der Waals surface area contributed by atoms with E-state index in [1.54, 1.807) is 11.3 Å². The molecule has 6 heteroatoms. The van der Waals surface area contributed by atoms with Crippen molar-refractivity contribution in [2.75, 3.05) is 24.5 Å². The highest BCUT2D eigenvalue weighted by Gasteiger charge is 2.31. The first kappa shape index (κ1) is 19.6. The number of amides is 1. The predicted octanol–water partition coefficient (Wildman–Crippen LogP) is 2.25. The zero-order valence-electron chi connectivity index (χ0n) is 16.8. The van der Waals surface area contributed by atoms with E-state index in [-0.39, 0.29) is 18.1 Å². The van der Waals surface area contributed by atoms with Crippen LogP contribution in [0.1, 0.15) is 42.8 Å². The van der Waals surface area contributed by atoms with Crippen molar-refractivity contribution in [1.82, 2.24) is 4.98 Å². The number of aryl methyl sites for hydroxylation is 2. The number of ether oxygens (including phenoxy) is 1. The Morgan fingerprint density at radius 3 is 2.61 bits per heavy atom. The zero-order valence-corrected chi connectivity index (χ0v) is 17.6. The lowest BCUT2D eigenvalue weighted by Crippen LogP contribution is -3.16. The van der Waals surface area contributed by atoms with E-state index in [2.05, 4.69) is 26.0 Å². The average molecular weight is 401 g/mol. The molecule has 4 rings (SSSR count). The molecule has 0 spiro atoms. The second-order valence-corrected chi connectivity index (χ2v) is 9.19. The molecule has 0 unspecified atom stereocenters. The van der Waals surface area contributed by atoms with Gasteiger partial charge in [0.2, 0.25) is 0 Å². The third kappa shape index (κ3) is 4.62. The number of hydrogen-bond acceptors (Lipinski definition) is 4. The monoisotopic (exact) mass is 400 g/mol. The maximum absolute atomic E-state index is 13.4. The summed E-state index contributed by atoms with van der Waals surface area (Å²) in [6, 6.07) is 10.2. The highest BCUT2D eigenvalue weighted by molar-refractivity contribution is 7.15. The molecule has 1 aliphatic carbocycles. The van der Waals surface area contributed by atoms with Gasteiger partial charge in [0.15, 0.2) is 11.7 Å². The van der Waals surface area contributed by atoms with E-state index in [0.717, 1.165) is 36.6 Å². The van der Waals surface area contributed by atoms with Gasteiger partial charge in [0, 0.05) is 4.88 Å². The first-order valence-electron chi connectivity index (χ1n) is 10.4. The van der Waals surface area contributed by atoms with Gasteiger partial charge >= 0.3 is 0 Å². The minimum Gasteiger partial charge on any atom is -0.364 e. The van der Waals surface area contributed by atoms with Crippen LogP contribution in [0.2, 0.25) is 0 Å². The number of carbonyl (C=O) groups excluding carboxylic acids is 1. The number of fused-ring (bicyclic) bond motifs is 1. The lowest BCUT2D eigenvalue weighted by atomic mass is 10.0. The SMILES string of the molecule is C[C@@H]1C[NH+](CC(=O)N(Cc2ccccc2)c2nc3c(s2)CCCC3)C[C@@H](C)O1. The summed E-state index contributed by atoms with van der Waals surface area (Å²) in [6.07, 6.45) is 4.97. The highest BCUT2D eigenvalue weighted by atomic mass is 32.1. The van der Waals surface area contributed by atoms with Gasteiger partial charge in [-0.25, -0.2) is 4.98 Å². The van der Waals surface area contributed by atoms with Gasteiger partial charge in [-0.05, 0) is 45.1 Å². The maximum atomic E-state index is 13.4. The summed E-state index contributed by atoms with van der Waals surface area (Å²) in [7, 11) is 0. The molecule has 1 amide bonds. The molecule has 150 valence electrons. The Bertz CT molecular complexity index is 774. The third-order valence-electron chi connectivity index (χ3n) is 5.57. The summed E-state index contributed by atoms with van der Waals surface area (Å²) in [5.74, 6) is 0.159. The number of thiazole rings is 1. The molecule has 1 aromatic carbocycles. The van der Waals surface area contributed by atoms with Crippen LogP contribution in [0.3, 0.4) is 0 Å². The Labute approximate surface area is 171 Å². The van der Waals surface area contributed by atoms with Crippen molar-refractivity contribution in [1.29, 1.82) is 0 Å². The van der Waals surface area contributed by atoms with Gasteiger partial charge in [0.05, 0.1) is 12.2 Å². The molecule has 1 fully saturated rings. The number of morpholine rings is 1. The van der Waals surface area contributed by atoms with Crippen LogP contribution in [-0.4, -0.2) is 42.7 Å². The molecule has 2 aliphatic rings. The Hall–Kier alpha value is -1.76. The Morgan fingerprint density at radius 1 is 1.18 bits per heavy atom. The molecule has 1 aliphatic heterocycles. The molecule has 28 heavy (non-hydrogen) atoms. The topological polar surface area (TPSA) is 46.9 Å². The van der Waals surface area contributed by atoms with Gasteiger partial charge in [0.25, 0.3) is 5.91 Å². The van der Waals surface area contributed by atoms with E-state index in [4.69, 9.17) is 9.72 Å². The van der Waals surface area contributed by atoms with E-state index < -0.39 is 0 Å². The van der Waals surface area contributed by atoms with E-state index >= 15 is 0 Å². The van der Waals surface area contributed by atoms with Crippen LogP contribution in [0.15, 0.2) is 30.3 Å². The summed E-state index contributed by atoms with van der Waals surface area (Å²) < 4.78 is 5.84. The number of nitrogens with one attached hydrogen (secondary N) is 1. The molecule has 0 bridgehead atoms. The molecule has 0 radical (unpaired) electrons. The number of hydrogen-bond donors (Lipinski definition) is 1. The van der Waals surface area contributed by atoms with Crippen molar-refractivity contribution < 1.29 is 14.4 Å². The van der Waals surface area contributed by atoms with E-state index in [9.17, 15) is 4.79 Å². The van der Waals surface area contributed by atoms with Gasteiger partial charge in [-0.15, -0.1) is 11.3 Å². The van der Waals surface area contributed by atoms with Crippen molar-refractivity contribution in [3.05, 3.63) is 46.5 Å². The largest absolute Gasteiger partial charge is 0.364 e. The molecule has 0 saturated carbocycles. The lowest BCUT2D eigenvalue weighted by molar-refractivity contribution is -0.907. The van der Waals surface area contributed by atoms with Crippen molar-refractivity contribution in [2.45, 2.75) is 58.3 Å². The summed E-state index contributed by atoms with van der Waals surface area (Å²) in [5, 5.41) is 0.870. The van der Waals surface area contributed by atoms with Crippen LogP contribution in [0, 0.1) is 0 Å². The number of carbonyl (C=O) groups is 1. The number of aromatic nitrogens is 1. The van der Waals surface area contributed by atoms with Crippen molar-refractivity contribution in [3.63, 3.8) is 0 Å². The fourth-order valence-electron chi connectivity index (χ4n) is 4.33. The van der Waals surface area contributed by atoms with Crippen LogP contribution in [0.25, 0.3) is 0 Å². The molecule has 5 nitrogen and oxygen atoms in total. The van der Waals surface area contributed by atoms with Gasteiger partial charge in [-0.3, -0.25) is 9.69 Å². The molecule has 1 saturated heterocycles. The van der Waals surface area contributed by atoms with E-state index in [1.165, 1.54) is 28.3 Å². The molecule has 2 aromatic rings. The first-order chi connectivity index (χ1) is 13.6. The van der Waals surface area contributed by atoms with Crippen LogP contribution in [0.4, 0.5) is 5.13 Å². The number of quaternary nitrogens is 1. The highest BCUT2D eigenvalue weighted by Crippen LogP contribution is 2.32. The fourth-order valence-corrected chi connectivity index (χ4v) is 5.49. The molecular weight excluding hydrogens is 370 g/mol. The quantitative estimate of drug-likeness (QED) is 0.837. The van der Waals surface area contributed by atoms with E-state index in [0.29, 0.717) is 13.1 Å². The van der Waals surface area contributed by atoms with Crippen LogP contribution >= 0.6 is 11.3 Å². The predicted molar refractivity (Wildman–Crippen MR) is 112 cm³/mol. The van der Waals surface area contributed by atoms with Crippen LogP contribution < -0.4 is 9.80 Å². The van der Waals surface area contributed by atoms with Crippen molar-refractivity contribution in [2.24, 2.45) is 0 Å². The van der Waals surface area contributed by atoms with Gasteiger partial charge in [-0.2, -0.15) is 0 Å². The molecular formula is C22H30N3O2S+. The van der Waals surface area contributed by atoms with E-state index in [1.807, 2.05) is 23.1 Å². The zero-order chi connectivity index (χ0) is 19.5. The second-order valence-electron chi connectivity index (χ2n) is 8.13. The Morgan fingerprint density at radius 2 is 1.89 bits per heavy atom. The smallest absolute Gasteiger partial charge is 0.284 e. The molecule has 1 aromatic heterocycles. The third-order valence-corrected chi connectivity index (χ3v) is 6.75. The second kappa shape index (κ2) is 8.72. The van der Waals surface area contributed by atoms with Crippen LogP contribution in [0.5, 0.6) is 0 Å². The Balaban J connectivity index is 1.55.